The van der Waals surface area contributed by atoms with Crippen LogP contribution in [0.1, 0.15) is 41.8 Å². The molecular formula is C13H16N4O. The molecule has 18 heavy (non-hydrogen) atoms. The lowest BCUT2D eigenvalue weighted by molar-refractivity contribution is 0.175. The number of hydrogen-bond donors (Lipinski definition) is 1. The Bertz CT molecular complexity index is 530. The summed E-state index contributed by atoms with van der Waals surface area (Å²) in [5.41, 5.74) is 2.29. The molecule has 0 aliphatic heterocycles. The van der Waals surface area contributed by atoms with Crippen molar-refractivity contribution in [2.75, 3.05) is 0 Å². The smallest absolute Gasteiger partial charge is 0.177 e. The van der Waals surface area contributed by atoms with Gasteiger partial charge in [0.05, 0.1) is 13.2 Å². The first-order valence-corrected chi connectivity index (χ1v) is 6.23. The highest BCUT2D eigenvalue weighted by molar-refractivity contribution is 5.29. The first-order chi connectivity index (χ1) is 8.72. The fourth-order valence-corrected chi connectivity index (χ4v) is 2.10. The second kappa shape index (κ2) is 4.49. The lowest BCUT2D eigenvalue weighted by atomic mass is 10.0. The van der Waals surface area contributed by atoms with Crippen LogP contribution in [0.4, 0.5) is 0 Å². The molecule has 1 aromatic heterocycles. The summed E-state index contributed by atoms with van der Waals surface area (Å²) >= 11 is 0. The second-order valence-electron chi connectivity index (χ2n) is 4.86. The maximum Gasteiger partial charge on any atom is 0.177 e. The van der Waals surface area contributed by atoms with E-state index < -0.39 is 6.10 Å². The number of nitrogens with zero attached hydrogens (tertiary/aromatic N) is 4. The van der Waals surface area contributed by atoms with E-state index in [2.05, 4.69) is 27.5 Å². The number of tetrazole rings is 1. The number of aliphatic hydroxyl groups excluding tert-OH is 1. The van der Waals surface area contributed by atoms with Crippen molar-refractivity contribution in [1.82, 2.24) is 20.2 Å². The first-order valence-electron chi connectivity index (χ1n) is 6.23. The maximum atomic E-state index is 10.1. The van der Waals surface area contributed by atoms with E-state index in [0.29, 0.717) is 12.2 Å². The van der Waals surface area contributed by atoms with E-state index in [1.165, 1.54) is 23.2 Å². The fourth-order valence-electron chi connectivity index (χ4n) is 2.10. The molecule has 0 radical (unpaired) electrons. The average Bonchev–Trinajstić information content (AvgIpc) is 3.14. The highest BCUT2D eigenvalue weighted by Crippen LogP contribution is 2.40. The molecule has 1 unspecified atom stereocenters. The van der Waals surface area contributed by atoms with Gasteiger partial charge in [-0.15, -0.1) is 10.2 Å². The van der Waals surface area contributed by atoms with Gasteiger partial charge in [0.25, 0.3) is 0 Å². The number of aromatic nitrogens is 4. The third-order valence-electron chi connectivity index (χ3n) is 3.30. The quantitative estimate of drug-likeness (QED) is 0.882. The standard InChI is InChI=1S/C13H16N4O/c1-17-15-13(14-16-17)8-12(18)11-6-4-10(5-7-11)9-2-3-9/h4-7,9,12,18H,2-3,8H2,1H3. The van der Waals surface area contributed by atoms with Gasteiger partial charge in [0, 0.05) is 6.42 Å². The molecule has 5 heteroatoms. The van der Waals surface area contributed by atoms with E-state index >= 15 is 0 Å². The molecule has 0 saturated heterocycles. The van der Waals surface area contributed by atoms with Gasteiger partial charge < -0.3 is 5.11 Å². The maximum absolute atomic E-state index is 10.1. The van der Waals surface area contributed by atoms with Crippen molar-refractivity contribution in [2.45, 2.75) is 31.3 Å². The van der Waals surface area contributed by atoms with Crippen LogP contribution in [-0.4, -0.2) is 25.3 Å². The number of aryl methyl sites for hydroxylation is 1. The van der Waals surface area contributed by atoms with Crippen LogP contribution in [-0.2, 0) is 13.5 Å². The predicted molar refractivity (Wildman–Crippen MR) is 65.9 cm³/mol. The van der Waals surface area contributed by atoms with Crippen molar-refractivity contribution in [2.24, 2.45) is 7.05 Å². The van der Waals surface area contributed by atoms with E-state index in [9.17, 15) is 5.11 Å². The molecule has 1 aliphatic rings. The minimum Gasteiger partial charge on any atom is -0.388 e. The molecule has 5 nitrogen and oxygen atoms in total. The van der Waals surface area contributed by atoms with Gasteiger partial charge in [0.1, 0.15) is 0 Å². The molecule has 3 rings (SSSR count). The topological polar surface area (TPSA) is 63.8 Å². The molecule has 1 aliphatic carbocycles. The second-order valence-corrected chi connectivity index (χ2v) is 4.86. The van der Waals surface area contributed by atoms with Crippen LogP contribution in [0.15, 0.2) is 24.3 Å². The van der Waals surface area contributed by atoms with Gasteiger partial charge in [-0.3, -0.25) is 0 Å². The molecule has 0 spiro atoms. The Labute approximate surface area is 105 Å². The predicted octanol–water partition coefficient (Wildman–Crippen LogP) is 1.36. The van der Waals surface area contributed by atoms with Crippen LogP contribution in [0, 0.1) is 0 Å². The largest absolute Gasteiger partial charge is 0.388 e. The zero-order valence-electron chi connectivity index (χ0n) is 10.3. The highest BCUT2D eigenvalue weighted by atomic mass is 16.3. The van der Waals surface area contributed by atoms with Gasteiger partial charge in [-0.1, -0.05) is 24.3 Å². The molecule has 2 aromatic rings. The highest BCUT2D eigenvalue weighted by Gasteiger charge is 2.23. The Hall–Kier alpha value is -1.75. The van der Waals surface area contributed by atoms with E-state index in [4.69, 9.17) is 0 Å². The van der Waals surface area contributed by atoms with Crippen molar-refractivity contribution in [1.29, 1.82) is 0 Å². The van der Waals surface area contributed by atoms with Crippen LogP contribution in [0.3, 0.4) is 0 Å². The number of aliphatic hydroxyl groups is 1. The van der Waals surface area contributed by atoms with Gasteiger partial charge in [0.15, 0.2) is 5.82 Å². The lowest BCUT2D eigenvalue weighted by Crippen LogP contribution is -2.04. The van der Waals surface area contributed by atoms with Crippen molar-refractivity contribution in [3.8, 4) is 0 Å². The summed E-state index contributed by atoms with van der Waals surface area (Å²) in [4.78, 5) is 1.40. The lowest BCUT2D eigenvalue weighted by Gasteiger charge is -2.09. The number of rotatable bonds is 4. The molecule has 1 N–H and O–H groups in total. The molecule has 0 bridgehead atoms. The zero-order chi connectivity index (χ0) is 12.5. The van der Waals surface area contributed by atoms with Crippen LogP contribution >= 0.6 is 0 Å². The Morgan fingerprint density at radius 3 is 2.61 bits per heavy atom. The van der Waals surface area contributed by atoms with E-state index in [-0.39, 0.29) is 0 Å². The summed E-state index contributed by atoms with van der Waals surface area (Å²) in [6.45, 7) is 0. The molecule has 1 heterocycles. The summed E-state index contributed by atoms with van der Waals surface area (Å²) in [5.74, 6) is 1.31. The minimum atomic E-state index is -0.567. The van der Waals surface area contributed by atoms with Gasteiger partial charge in [0.2, 0.25) is 0 Å². The monoisotopic (exact) mass is 244 g/mol. The Kier molecular flexibility index (Phi) is 2.83. The van der Waals surface area contributed by atoms with Crippen LogP contribution < -0.4 is 0 Å². The first kappa shape index (κ1) is 11.3. The third kappa shape index (κ3) is 2.41. The summed E-state index contributed by atoms with van der Waals surface area (Å²) in [6, 6.07) is 8.21. The summed E-state index contributed by atoms with van der Waals surface area (Å²) < 4.78 is 0. The van der Waals surface area contributed by atoms with Crippen LogP contribution in [0.25, 0.3) is 0 Å². The summed E-state index contributed by atoms with van der Waals surface area (Å²) in [5, 5.41) is 21.8. The Morgan fingerprint density at radius 2 is 2.06 bits per heavy atom. The fraction of sp³-hybridized carbons (Fsp3) is 0.462. The van der Waals surface area contributed by atoms with Crippen molar-refractivity contribution < 1.29 is 5.11 Å². The van der Waals surface area contributed by atoms with E-state index in [0.717, 1.165) is 11.5 Å². The Morgan fingerprint density at radius 1 is 1.33 bits per heavy atom. The summed E-state index contributed by atoms with van der Waals surface area (Å²) in [6.07, 6.45) is 2.43. The molecule has 1 saturated carbocycles. The van der Waals surface area contributed by atoms with Gasteiger partial charge in [-0.2, -0.15) is 4.80 Å². The SMILES string of the molecule is Cn1nnc(CC(O)c2ccc(C3CC3)cc2)n1. The number of hydrogen-bond acceptors (Lipinski definition) is 4. The molecule has 1 fully saturated rings. The minimum absolute atomic E-state index is 0.399. The molecule has 1 atom stereocenters. The normalized spacial score (nSPS) is 16.8. The van der Waals surface area contributed by atoms with Crippen molar-refractivity contribution >= 4 is 0 Å². The van der Waals surface area contributed by atoms with Gasteiger partial charge in [-0.25, -0.2) is 0 Å². The molecule has 0 amide bonds. The zero-order valence-corrected chi connectivity index (χ0v) is 10.3. The van der Waals surface area contributed by atoms with Crippen LogP contribution in [0.2, 0.25) is 0 Å². The van der Waals surface area contributed by atoms with E-state index in [1.54, 1.807) is 7.05 Å². The Balaban J connectivity index is 1.69. The average molecular weight is 244 g/mol. The van der Waals surface area contributed by atoms with Gasteiger partial charge >= 0.3 is 0 Å². The van der Waals surface area contributed by atoms with Crippen molar-refractivity contribution in [3.63, 3.8) is 0 Å². The van der Waals surface area contributed by atoms with E-state index in [1.807, 2.05) is 12.1 Å². The van der Waals surface area contributed by atoms with Gasteiger partial charge in [-0.05, 0) is 35.1 Å². The molecule has 94 valence electrons. The third-order valence-corrected chi connectivity index (χ3v) is 3.30. The van der Waals surface area contributed by atoms with Crippen LogP contribution in [0.5, 0.6) is 0 Å². The van der Waals surface area contributed by atoms with Crippen molar-refractivity contribution in [3.05, 3.63) is 41.2 Å². The summed E-state index contributed by atoms with van der Waals surface area (Å²) in [7, 11) is 1.72. The number of benzene rings is 1. The molecule has 1 aromatic carbocycles. The molecular weight excluding hydrogens is 228 g/mol.